The smallest absolute Gasteiger partial charge is 0.152 e. The molecule has 1 heterocycles. The van der Waals surface area contributed by atoms with Crippen LogP contribution in [0.2, 0.25) is 5.02 Å². The molecule has 0 amide bonds. The van der Waals surface area contributed by atoms with E-state index in [1.54, 1.807) is 0 Å². The van der Waals surface area contributed by atoms with Crippen LogP contribution in [0.1, 0.15) is 24.6 Å². The molecule has 5 heteroatoms. The van der Waals surface area contributed by atoms with E-state index in [0.717, 1.165) is 35.7 Å². The monoisotopic (exact) mass is 278 g/mol. The zero-order valence-electron chi connectivity index (χ0n) is 11.5. The summed E-state index contributed by atoms with van der Waals surface area (Å²) in [5.41, 5.74) is 9.55. The third-order valence-corrected chi connectivity index (χ3v) is 3.30. The van der Waals surface area contributed by atoms with Crippen molar-refractivity contribution < 1.29 is 0 Å². The minimum absolute atomic E-state index is 0.671. The fourth-order valence-corrected chi connectivity index (χ4v) is 2.23. The predicted octanol–water partition coefficient (Wildman–Crippen LogP) is 3.89. The molecule has 0 saturated carbocycles. The van der Waals surface area contributed by atoms with Crippen molar-refractivity contribution in [1.29, 1.82) is 0 Å². The van der Waals surface area contributed by atoms with Gasteiger partial charge in [-0.25, -0.2) is 4.68 Å². The van der Waals surface area contributed by atoms with Crippen LogP contribution in [0.3, 0.4) is 0 Å². The number of halogens is 1. The van der Waals surface area contributed by atoms with Crippen molar-refractivity contribution in [3.05, 3.63) is 34.5 Å². The highest BCUT2D eigenvalue weighted by Crippen LogP contribution is 2.30. The first kappa shape index (κ1) is 13.7. The second-order valence-electron chi connectivity index (χ2n) is 4.68. The summed E-state index contributed by atoms with van der Waals surface area (Å²) >= 11 is 6.23. The molecule has 19 heavy (non-hydrogen) atoms. The first-order valence-electron chi connectivity index (χ1n) is 6.39. The van der Waals surface area contributed by atoms with Gasteiger partial charge in [0.05, 0.1) is 22.1 Å². The lowest BCUT2D eigenvalue weighted by Crippen LogP contribution is -2.06. The molecule has 0 atom stereocenters. The molecule has 0 saturated heterocycles. The number of nitrogens with one attached hydrogen (secondary N) is 1. The molecule has 2 aromatic rings. The summed E-state index contributed by atoms with van der Waals surface area (Å²) in [6, 6.07) is 5.89. The minimum Gasteiger partial charge on any atom is -0.394 e. The fourth-order valence-electron chi connectivity index (χ4n) is 1.95. The average molecular weight is 279 g/mol. The van der Waals surface area contributed by atoms with Gasteiger partial charge in [-0.3, -0.25) is 0 Å². The zero-order valence-corrected chi connectivity index (χ0v) is 12.3. The number of aromatic nitrogens is 2. The first-order chi connectivity index (χ1) is 9.02. The highest BCUT2D eigenvalue weighted by molar-refractivity contribution is 6.33. The molecule has 4 nitrogen and oxygen atoms in total. The molecule has 3 N–H and O–H groups in total. The second-order valence-corrected chi connectivity index (χ2v) is 5.09. The van der Waals surface area contributed by atoms with Crippen molar-refractivity contribution in [3.63, 3.8) is 0 Å². The highest BCUT2D eigenvalue weighted by atomic mass is 35.5. The molecule has 0 unspecified atom stereocenters. The standard InChI is InChI=1S/C14H19ClN4/c1-4-7-19-14(13(16)10(3)18-19)17-12-6-5-9(2)8-11(12)15/h5-6,8,17H,4,7,16H2,1-3H3. The van der Waals surface area contributed by atoms with Crippen LogP contribution in [0.25, 0.3) is 0 Å². The van der Waals surface area contributed by atoms with Crippen LogP contribution in [-0.2, 0) is 6.54 Å². The molecule has 1 aromatic heterocycles. The summed E-state index contributed by atoms with van der Waals surface area (Å²) in [6.07, 6.45) is 0.997. The van der Waals surface area contributed by atoms with Gasteiger partial charge in [0.15, 0.2) is 5.82 Å². The van der Waals surface area contributed by atoms with E-state index in [0.29, 0.717) is 10.7 Å². The maximum absolute atomic E-state index is 6.23. The molecule has 0 fully saturated rings. The van der Waals surface area contributed by atoms with Crippen LogP contribution in [0.15, 0.2) is 18.2 Å². The summed E-state index contributed by atoms with van der Waals surface area (Å²) in [7, 11) is 0. The fraction of sp³-hybridized carbons (Fsp3) is 0.357. The third kappa shape index (κ3) is 2.84. The first-order valence-corrected chi connectivity index (χ1v) is 6.76. The van der Waals surface area contributed by atoms with Gasteiger partial charge in [-0.15, -0.1) is 0 Å². The van der Waals surface area contributed by atoms with Crippen LogP contribution in [0, 0.1) is 13.8 Å². The van der Waals surface area contributed by atoms with Crippen molar-refractivity contribution in [2.45, 2.75) is 33.7 Å². The Morgan fingerprint density at radius 1 is 1.37 bits per heavy atom. The lowest BCUT2D eigenvalue weighted by atomic mass is 10.2. The lowest BCUT2D eigenvalue weighted by Gasteiger charge is -2.12. The van der Waals surface area contributed by atoms with Gasteiger partial charge < -0.3 is 11.1 Å². The zero-order chi connectivity index (χ0) is 14.0. The number of hydrogen-bond donors (Lipinski definition) is 2. The van der Waals surface area contributed by atoms with Crippen LogP contribution in [-0.4, -0.2) is 9.78 Å². The molecule has 2 rings (SSSR count). The van der Waals surface area contributed by atoms with Gasteiger partial charge in [-0.2, -0.15) is 5.10 Å². The van der Waals surface area contributed by atoms with E-state index in [1.807, 2.05) is 36.7 Å². The van der Waals surface area contributed by atoms with E-state index in [9.17, 15) is 0 Å². The van der Waals surface area contributed by atoms with Crippen molar-refractivity contribution in [1.82, 2.24) is 9.78 Å². The van der Waals surface area contributed by atoms with E-state index in [1.165, 1.54) is 0 Å². The number of aryl methyl sites for hydroxylation is 3. The normalized spacial score (nSPS) is 10.7. The van der Waals surface area contributed by atoms with Crippen molar-refractivity contribution in [2.24, 2.45) is 0 Å². The predicted molar refractivity (Wildman–Crippen MR) is 81.1 cm³/mol. The van der Waals surface area contributed by atoms with Crippen LogP contribution in [0.4, 0.5) is 17.2 Å². The van der Waals surface area contributed by atoms with Crippen LogP contribution in [0.5, 0.6) is 0 Å². The van der Waals surface area contributed by atoms with Crippen molar-refractivity contribution >= 4 is 28.8 Å². The number of nitrogens with two attached hydrogens (primary N) is 1. The Bertz CT molecular complexity index is 589. The topological polar surface area (TPSA) is 55.9 Å². The molecular formula is C14H19ClN4. The number of benzene rings is 1. The van der Waals surface area contributed by atoms with E-state index in [2.05, 4.69) is 17.3 Å². The summed E-state index contributed by atoms with van der Waals surface area (Å²) in [4.78, 5) is 0. The Morgan fingerprint density at radius 2 is 2.11 bits per heavy atom. The molecule has 0 radical (unpaired) electrons. The molecule has 0 bridgehead atoms. The Balaban J connectivity index is 2.37. The molecule has 0 aliphatic heterocycles. The van der Waals surface area contributed by atoms with Crippen molar-refractivity contribution in [2.75, 3.05) is 11.1 Å². The molecule has 0 aliphatic carbocycles. The third-order valence-electron chi connectivity index (χ3n) is 2.99. The van der Waals surface area contributed by atoms with Crippen molar-refractivity contribution in [3.8, 4) is 0 Å². The summed E-state index contributed by atoms with van der Waals surface area (Å²) < 4.78 is 1.89. The van der Waals surface area contributed by atoms with Gasteiger partial charge >= 0.3 is 0 Å². The molecular weight excluding hydrogens is 260 g/mol. The number of nitrogen functional groups attached to an aromatic ring is 1. The van der Waals surface area contributed by atoms with Gasteiger partial charge in [-0.1, -0.05) is 24.6 Å². The Labute approximate surface area is 118 Å². The van der Waals surface area contributed by atoms with Crippen LogP contribution < -0.4 is 11.1 Å². The van der Waals surface area contributed by atoms with Gasteiger partial charge in [0.1, 0.15) is 0 Å². The lowest BCUT2D eigenvalue weighted by molar-refractivity contribution is 0.605. The van der Waals surface area contributed by atoms with E-state index in [-0.39, 0.29) is 0 Å². The quantitative estimate of drug-likeness (QED) is 0.892. The van der Waals surface area contributed by atoms with E-state index >= 15 is 0 Å². The number of rotatable bonds is 4. The second kappa shape index (κ2) is 5.53. The molecule has 0 spiro atoms. The Kier molecular flexibility index (Phi) is 4.00. The van der Waals surface area contributed by atoms with E-state index in [4.69, 9.17) is 17.3 Å². The largest absolute Gasteiger partial charge is 0.394 e. The number of anilines is 3. The van der Waals surface area contributed by atoms with Gasteiger partial charge in [-0.05, 0) is 38.0 Å². The number of hydrogen-bond acceptors (Lipinski definition) is 3. The minimum atomic E-state index is 0.671. The summed E-state index contributed by atoms with van der Waals surface area (Å²) in [5, 5.41) is 8.40. The molecule has 1 aromatic carbocycles. The van der Waals surface area contributed by atoms with E-state index < -0.39 is 0 Å². The maximum Gasteiger partial charge on any atom is 0.152 e. The highest BCUT2D eigenvalue weighted by Gasteiger charge is 2.13. The number of nitrogens with zero attached hydrogens (tertiary/aromatic N) is 2. The van der Waals surface area contributed by atoms with Crippen LogP contribution >= 0.6 is 11.6 Å². The summed E-state index contributed by atoms with van der Waals surface area (Å²) in [6.45, 7) is 6.85. The summed E-state index contributed by atoms with van der Waals surface area (Å²) in [5.74, 6) is 0.810. The Morgan fingerprint density at radius 3 is 2.74 bits per heavy atom. The van der Waals surface area contributed by atoms with Gasteiger partial charge in [0.25, 0.3) is 0 Å². The Hall–Kier alpha value is -1.68. The molecule has 0 aliphatic rings. The van der Waals surface area contributed by atoms with Gasteiger partial charge in [0.2, 0.25) is 0 Å². The average Bonchev–Trinajstić information content (AvgIpc) is 2.61. The maximum atomic E-state index is 6.23. The van der Waals surface area contributed by atoms with Gasteiger partial charge in [0, 0.05) is 6.54 Å². The SMILES string of the molecule is CCCn1nc(C)c(N)c1Nc1ccc(C)cc1Cl. The molecule has 102 valence electrons.